The lowest BCUT2D eigenvalue weighted by Crippen LogP contribution is -2.64. The van der Waals surface area contributed by atoms with Gasteiger partial charge in [0.15, 0.2) is 0 Å². The van der Waals surface area contributed by atoms with E-state index in [1.54, 1.807) is 0 Å². The summed E-state index contributed by atoms with van der Waals surface area (Å²) in [7, 11) is 0. The molecule has 4 saturated carbocycles. The second kappa shape index (κ2) is 3.85. The molecule has 0 spiro atoms. The fraction of sp³-hybridized carbons (Fsp3) is 0.882. The van der Waals surface area contributed by atoms with Gasteiger partial charge in [-0.1, -0.05) is 19.4 Å². The van der Waals surface area contributed by atoms with Gasteiger partial charge in [0.05, 0.1) is 0 Å². The fourth-order valence-electron chi connectivity index (χ4n) is 6.19. The van der Waals surface area contributed by atoms with Crippen LogP contribution in [0.15, 0.2) is 12.2 Å². The van der Waals surface area contributed by atoms with Gasteiger partial charge in [-0.25, -0.2) is 0 Å². The summed E-state index contributed by atoms with van der Waals surface area (Å²) >= 11 is 0. The molecule has 0 radical (unpaired) electrons. The van der Waals surface area contributed by atoms with E-state index in [9.17, 15) is 0 Å². The predicted octanol–water partition coefficient (Wildman–Crippen LogP) is 4.29. The van der Waals surface area contributed by atoms with Gasteiger partial charge in [0.1, 0.15) is 0 Å². The Morgan fingerprint density at radius 3 is 2.22 bits per heavy atom. The Hall–Kier alpha value is -0.300. The van der Waals surface area contributed by atoms with E-state index in [1.807, 2.05) is 0 Å². The van der Waals surface area contributed by atoms with Crippen LogP contribution in [0.2, 0.25) is 0 Å². The van der Waals surface area contributed by atoms with E-state index in [4.69, 9.17) is 0 Å². The molecule has 4 rings (SSSR count). The Labute approximate surface area is 112 Å². The van der Waals surface area contributed by atoms with E-state index in [1.165, 1.54) is 44.1 Å². The van der Waals surface area contributed by atoms with Crippen molar-refractivity contribution in [1.82, 2.24) is 5.32 Å². The predicted molar refractivity (Wildman–Crippen MR) is 77.6 cm³/mol. The normalized spacial score (nSPS) is 49.6. The Kier molecular flexibility index (Phi) is 2.72. The molecule has 4 aliphatic carbocycles. The highest BCUT2D eigenvalue weighted by Crippen LogP contribution is 2.66. The summed E-state index contributed by atoms with van der Waals surface area (Å²) < 4.78 is 0. The molecule has 2 atom stereocenters. The Morgan fingerprint density at radius 2 is 1.72 bits per heavy atom. The summed E-state index contributed by atoms with van der Waals surface area (Å²) in [4.78, 5) is 0. The molecule has 4 bridgehead atoms. The zero-order chi connectivity index (χ0) is 13.0. The third-order valence-corrected chi connectivity index (χ3v) is 5.68. The minimum Gasteiger partial charge on any atom is -0.311 e. The van der Waals surface area contributed by atoms with E-state index in [0.29, 0.717) is 16.4 Å². The van der Waals surface area contributed by atoms with Crippen molar-refractivity contribution in [2.45, 2.75) is 71.3 Å². The maximum atomic E-state index is 4.03. The molecular weight excluding hydrogens is 218 g/mol. The summed E-state index contributed by atoms with van der Waals surface area (Å²) in [5.41, 5.74) is 3.04. The fourth-order valence-corrected chi connectivity index (χ4v) is 6.19. The standard InChI is InChI=1S/C17H29N/c1-13(2)5-6-18-17-9-14-7-15(3,11-17)10-16(4,8-14)12-17/h14,18H,1,5-12H2,2-4H3. The zero-order valence-electron chi connectivity index (χ0n) is 12.4. The largest absolute Gasteiger partial charge is 0.311 e. The molecule has 0 amide bonds. The summed E-state index contributed by atoms with van der Waals surface area (Å²) in [6.45, 7) is 12.4. The van der Waals surface area contributed by atoms with Crippen LogP contribution in [-0.4, -0.2) is 12.1 Å². The maximum Gasteiger partial charge on any atom is 0.0194 e. The number of hydrogen-bond acceptors (Lipinski definition) is 1. The molecule has 1 heteroatoms. The van der Waals surface area contributed by atoms with Gasteiger partial charge in [-0.3, -0.25) is 0 Å². The van der Waals surface area contributed by atoms with Crippen molar-refractivity contribution in [3.05, 3.63) is 12.2 Å². The average molecular weight is 247 g/mol. The van der Waals surface area contributed by atoms with Gasteiger partial charge in [0.2, 0.25) is 0 Å². The van der Waals surface area contributed by atoms with Gasteiger partial charge in [-0.2, -0.15) is 0 Å². The molecule has 102 valence electrons. The van der Waals surface area contributed by atoms with Crippen molar-refractivity contribution < 1.29 is 0 Å². The van der Waals surface area contributed by atoms with E-state index in [0.717, 1.165) is 18.9 Å². The van der Waals surface area contributed by atoms with Gasteiger partial charge in [0.25, 0.3) is 0 Å². The molecule has 1 nitrogen and oxygen atoms in total. The Morgan fingerprint density at radius 1 is 1.11 bits per heavy atom. The monoisotopic (exact) mass is 247 g/mol. The molecule has 18 heavy (non-hydrogen) atoms. The van der Waals surface area contributed by atoms with Crippen LogP contribution in [0.5, 0.6) is 0 Å². The van der Waals surface area contributed by atoms with Gasteiger partial charge < -0.3 is 5.32 Å². The molecule has 1 N–H and O–H groups in total. The Balaban J connectivity index is 1.74. The zero-order valence-corrected chi connectivity index (χ0v) is 12.4. The van der Waals surface area contributed by atoms with E-state index >= 15 is 0 Å². The van der Waals surface area contributed by atoms with Crippen LogP contribution in [0.3, 0.4) is 0 Å². The number of nitrogens with one attached hydrogen (secondary N) is 1. The first-order valence-corrected chi connectivity index (χ1v) is 7.72. The second-order valence-corrected chi connectivity index (χ2v) is 8.54. The van der Waals surface area contributed by atoms with Gasteiger partial charge in [0, 0.05) is 5.54 Å². The van der Waals surface area contributed by atoms with Crippen molar-refractivity contribution in [3.8, 4) is 0 Å². The van der Waals surface area contributed by atoms with Crippen LogP contribution in [0.1, 0.15) is 65.7 Å². The molecular formula is C17H29N. The first kappa shape index (κ1) is 12.7. The van der Waals surface area contributed by atoms with E-state index in [2.05, 4.69) is 32.7 Å². The van der Waals surface area contributed by atoms with Crippen LogP contribution in [0.4, 0.5) is 0 Å². The lowest BCUT2D eigenvalue weighted by molar-refractivity contribution is -0.117. The minimum absolute atomic E-state index is 0.471. The van der Waals surface area contributed by atoms with Crippen LogP contribution in [0, 0.1) is 16.7 Å². The van der Waals surface area contributed by atoms with Gasteiger partial charge >= 0.3 is 0 Å². The van der Waals surface area contributed by atoms with Crippen molar-refractivity contribution in [3.63, 3.8) is 0 Å². The van der Waals surface area contributed by atoms with Crippen molar-refractivity contribution >= 4 is 0 Å². The summed E-state index contributed by atoms with van der Waals surface area (Å²) in [6, 6.07) is 0. The molecule has 0 aromatic heterocycles. The van der Waals surface area contributed by atoms with Crippen molar-refractivity contribution in [1.29, 1.82) is 0 Å². The highest BCUT2D eigenvalue weighted by atomic mass is 15.0. The quantitative estimate of drug-likeness (QED) is 0.731. The van der Waals surface area contributed by atoms with E-state index < -0.39 is 0 Å². The topological polar surface area (TPSA) is 12.0 Å². The third kappa shape index (κ3) is 2.15. The SMILES string of the molecule is C=C(C)CCNC12CC3CC(C)(CC(C)(C3)C1)C2. The molecule has 0 aliphatic heterocycles. The van der Waals surface area contributed by atoms with Crippen molar-refractivity contribution in [2.24, 2.45) is 16.7 Å². The van der Waals surface area contributed by atoms with Gasteiger partial charge in [-0.05, 0) is 75.2 Å². The molecule has 4 aliphatic rings. The summed E-state index contributed by atoms with van der Waals surface area (Å²) in [6.07, 6.45) is 9.87. The number of hydrogen-bond donors (Lipinski definition) is 1. The highest BCUT2D eigenvalue weighted by Gasteiger charge is 2.59. The molecule has 4 fully saturated rings. The highest BCUT2D eigenvalue weighted by molar-refractivity contribution is 5.14. The first-order chi connectivity index (χ1) is 8.32. The molecule has 0 saturated heterocycles. The lowest BCUT2D eigenvalue weighted by Gasteiger charge is -2.65. The molecule has 0 aromatic carbocycles. The maximum absolute atomic E-state index is 4.03. The second-order valence-electron chi connectivity index (χ2n) is 8.54. The molecule has 0 aromatic rings. The van der Waals surface area contributed by atoms with Crippen LogP contribution in [-0.2, 0) is 0 Å². The first-order valence-electron chi connectivity index (χ1n) is 7.72. The molecule has 2 unspecified atom stereocenters. The van der Waals surface area contributed by atoms with Crippen LogP contribution in [0.25, 0.3) is 0 Å². The lowest BCUT2D eigenvalue weighted by atomic mass is 9.43. The van der Waals surface area contributed by atoms with Crippen LogP contribution < -0.4 is 5.32 Å². The number of rotatable bonds is 4. The third-order valence-electron chi connectivity index (χ3n) is 5.68. The summed E-state index contributed by atoms with van der Waals surface area (Å²) in [5.74, 6) is 0.994. The van der Waals surface area contributed by atoms with Crippen LogP contribution >= 0.6 is 0 Å². The molecule has 0 heterocycles. The summed E-state index contributed by atoms with van der Waals surface area (Å²) in [5, 5.41) is 3.95. The Bertz CT molecular complexity index is 352. The van der Waals surface area contributed by atoms with Crippen molar-refractivity contribution in [2.75, 3.05) is 6.54 Å². The smallest absolute Gasteiger partial charge is 0.0194 e. The van der Waals surface area contributed by atoms with Gasteiger partial charge in [-0.15, -0.1) is 6.58 Å². The van der Waals surface area contributed by atoms with E-state index in [-0.39, 0.29) is 0 Å². The average Bonchev–Trinajstić information content (AvgIpc) is 2.09. The minimum atomic E-state index is 0.471.